The number of benzene rings is 3. The standard InChI is InChI=1S/C26H29ClN2O6S/c1-17(19-10-12-22(33-2)24(15-19)35-4)28-26(30)21(14-18-8-6-5-7-9-18)29-36(31,32)25-16-20(27)11-13-23(25)34-3/h5-13,15-17,21,29H,14H2,1-4H3,(H,28,30)/t17-,21+/m0/s1. The Hall–Kier alpha value is -3.27. The molecule has 3 rings (SSSR count). The van der Waals surface area contributed by atoms with Crippen molar-refractivity contribution in [1.82, 2.24) is 10.0 Å². The first-order valence-corrected chi connectivity index (χ1v) is 13.0. The summed E-state index contributed by atoms with van der Waals surface area (Å²) in [6.45, 7) is 1.80. The summed E-state index contributed by atoms with van der Waals surface area (Å²) in [4.78, 5) is 13.2. The molecule has 36 heavy (non-hydrogen) atoms. The molecule has 2 N–H and O–H groups in total. The number of hydrogen-bond donors (Lipinski definition) is 2. The predicted octanol–water partition coefficient (Wildman–Crippen LogP) is 4.13. The Kier molecular flexibility index (Phi) is 9.19. The van der Waals surface area contributed by atoms with Crippen molar-refractivity contribution in [2.24, 2.45) is 0 Å². The van der Waals surface area contributed by atoms with Crippen LogP contribution in [0.4, 0.5) is 0 Å². The van der Waals surface area contributed by atoms with Gasteiger partial charge < -0.3 is 19.5 Å². The molecule has 3 aromatic rings. The highest BCUT2D eigenvalue weighted by Crippen LogP contribution is 2.30. The van der Waals surface area contributed by atoms with Gasteiger partial charge in [-0.2, -0.15) is 4.72 Å². The number of carbonyl (C=O) groups is 1. The zero-order valence-electron chi connectivity index (χ0n) is 20.4. The van der Waals surface area contributed by atoms with Crippen LogP contribution < -0.4 is 24.2 Å². The summed E-state index contributed by atoms with van der Waals surface area (Å²) in [5.41, 5.74) is 1.55. The van der Waals surface area contributed by atoms with E-state index in [1.165, 1.54) is 39.5 Å². The van der Waals surface area contributed by atoms with Crippen molar-refractivity contribution in [3.63, 3.8) is 0 Å². The third-order valence-electron chi connectivity index (χ3n) is 5.58. The summed E-state index contributed by atoms with van der Waals surface area (Å²) < 4.78 is 45.0. The lowest BCUT2D eigenvalue weighted by Gasteiger charge is -2.23. The van der Waals surface area contributed by atoms with Crippen molar-refractivity contribution in [2.45, 2.75) is 30.3 Å². The molecule has 0 saturated heterocycles. The molecule has 0 saturated carbocycles. The zero-order valence-corrected chi connectivity index (χ0v) is 22.0. The zero-order chi connectivity index (χ0) is 26.3. The second kappa shape index (κ2) is 12.1. The SMILES string of the molecule is COc1ccc([C@H](C)NC(=O)[C@@H](Cc2ccccc2)NS(=O)(=O)c2cc(Cl)ccc2OC)cc1OC. The van der Waals surface area contributed by atoms with E-state index in [0.717, 1.165) is 11.1 Å². The molecule has 0 aliphatic carbocycles. The van der Waals surface area contributed by atoms with E-state index >= 15 is 0 Å². The van der Waals surface area contributed by atoms with Crippen LogP contribution in [-0.4, -0.2) is 41.7 Å². The molecule has 0 spiro atoms. The van der Waals surface area contributed by atoms with E-state index < -0.39 is 28.0 Å². The van der Waals surface area contributed by atoms with Crippen LogP contribution in [0.15, 0.2) is 71.6 Å². The van der Waals surface area contributed by atoms with Crippen molar-refractivity contribution in [2.75, 3.05) is 21.3 Å². The molecule has 8 nitrogen and oxygen atoms in total. The molecule has 0 heterocycles. The van der Waals surface area contributed by atoms with E-state index in [4.69, 9.17) is 25.8 Å². The maximum absolute atomic E-state index is 13.4. The van der Waals surface area contributed by atoms with Gasteiger partial charge in [-0.1, -0.05) is 48.0 Å². The first-order chi connectivity index (χ1) is 17.2. The summed E-state index contributed by atoms with van der Waals surface area (Å²) in [5.74, 6) is 0.700. The molecule has 0 bridgehead atoms. The van der Waals surface area contributed by atoms with Crippen molar-refractivity contribution in [3.05, 3.63) is 82.9 Å². The van der Waals surface area contributed by atoms with Gasteiger partial charge >= 0.3 is 0 Å². The Morgan fingerprint density at radius 3 is 2.17 bits per heavy atom. The highest BCUT2D eigenvalue weighted by Gasteiger charge is 2.29. The average Bonchev–Trinajstić information content (AvgIpc) is 2.88. The van der Waals surface area contributed by atoms with Gasteiger partial charge in [-0.15, -0.1) is 0 Å². The number of ether oxygens (including phenoxy) is 3. The minimum atomic E-state index is -4.17. The van der Waals surface area contributed by atoms with Crippen LogP contribution in [0.25, 0.3) is 0 Å². The topological polar surface area (TPSA) is 103 Å². The highest BCUT2D eigenvalue weighted by molar-refractivity contribution is 7.89. The van der Waals surface area contributed by atoms with Crippen LogP contribution in [0.2, 0.25) is 5.02 Å². The maximum Gasteiger partial charge on any atom is 0.245 e. The van der Waals surface area contributed by atoms with Crippen LogP contribution in [0, 0.1) is 0 Å². The maximum atomic E-state index is 13.4. The molecule has 10 heteroatoms. The van der Waals surface area contributed by atoms with Crippen LogP contribution >= 0.6 is 11.6 Å². The van der Waals surface area contributed by atoms with E-state index in [2.05, 4.69) is 10.0 Å². The first kappa shape index (κ1) is 27.3. The van der Waals surface area contributed by atoms with Gasteiger partial charge in [0, 0.05) is 5.02 Å². The summed E-state index contributed by atoms with van der Waals surface area (Å²) in [7, 11) is 0.263. The van der Waals surface area contributed by atoms with Crippen molar-refractivity contribution >= 4 is 27.5 Å². The molecular formula is C26H29ClN2O6S. The molecule has 1 amide bonds. The van der Waals surface area contributed by atoms with E-state index in [0.29, 0.717) is 11.5 Å². The summed E-state index contributed by atoms with van der Waals surface area (Å²) >= 11 is 6.05. The molecule has 192 valence electrons. The minimum Gasteiger partial charge on any atom is -0.495 e. The summed E-state index contributed by atoms with van der Waals surface area (Å²) in [6, 6.07) is 17.2. The van der Waals surface area contributed by atoms with Crippen molar-refractivity contribution in [1.29, 1.82) is 0 Å². The van der Waals surface area contributed by atoms with Gasteiger partial charge in [-0.25, -0.2) is 8.42 Å². The van der Waals surface area contributed by atoms with Gasteiger partial charge in [0.15, 0.2) is 11.5 Å². The van der Waals surface area contributed by atoms with Crippen LogP contribution in [0.5, 0.6) is 17.2 Å². The van der Waals surface area contributed by atoms with Gasteiger partial charge in [-0.05, 0) is 54.8 Å². The van der Waals surface area contributed by atoms with Gasteiger partial charge in [0.05, 0.1) is 27.4 Å². The Bertz CT molecular complexity index is 1300. The summed E-state index contributed by atoms with van der Waals surface area (Å²) in [6.07, 6.45) is 0.132. The molecule has 3 aromatic carbocycles. The lowest BCUT2D eigenvalue weighted by Crippen LogP contribution is -2.48. The van der Waals surface area contributed by atoms with E-state index in [-0.39, 0.29) is 22.1 Å². The number of sulfonamides is 1. The van der Waals surface area contributed by atoms with Gasteiger partial charge in [0.1, 0.15) is 16.7 Å². The molecule has 0 aliphatic rings. The number of halogens is 1. The first-order valence-electron chi connectivity index (χ1n) is 11.1. The molecule has 0 radical (unpaired) electrons. The second-order valence-electron chi connectivity index (χ2n) is 8.00. The molecule has 0 aromatic heterocycles. The molecule has 0 fully saturated rings. The van der Waals surface area contributed by atoms with Crippen LogP contribution in [0.1, 0.15) is 24.1 Å². The quantitative estimate of drug-likeness (QED) is 0.385. The fourth-order valence-electron chi connectivity index (χ4n) is 3.67. The lowest BCUT2D eigenvalue weighted by atomic mass is 10.0. The minimum absolute atomic E-state index is 0.115. The summed E-state index contributed by atoms with van der Waals surface area (Å²) in [5, 5.41) is 3.12. The lowest BCUT2D eigenvalue weighted by molar-refractivity contribution is -0.123. The fraction of sp³-hybridized carbons (Fsp3) is 0.269. The monoisotopic (exact) mass is 532 g/mol. The molecule has 2 atom stereocenters. The number of hydrogen-bond acceptors (Lipinski definition) is 6. The molecular weight excluding hydrogens is 504 g/mol. The normalized spacial score (nSPS) is 12.9. The number of carbonyl (C=O) groups excluding carboxylic acids is 1. The van der Waals surface area contributed by atoms with Crippen LogP contribution in [0.3, 0.4) is 0 Å². The fourth-order valence-corrected chi connectivity index (χ4v) is 5.30. The van der Waals surface area contributed by atoms with E-state index in [1.807, 2.05) is 30.3 Å². The number of amides is 1. The van der Waals surface area contributed by atoms with Gasteiger partial charge in [0.25, 0.3) is 0 Å². The Morgan fingerprint density at radius 1 is 0.889 bits per heavy atom. The van der Waals surface area contributed by atoms with Crippen molar-refractivity contribution in [3.8, 4) is 17.2 Å². The predicted molar refractivity (Wildman–Crippen MR) is 138 cm³/mol. The van der Waals surface area contributed by atoms with Crippen molar-refractivity contribution < 1.29 is 27.4 Å². The number of nitrogens with one attached hydrogen (secondary N) is 2. The highest BCUT2D eigenvalue weighted by atomic mass is 35.5. The smallest absolute Gasteiger partial charge is 0.245 e. The number of methoxy groups -OCH3 is 3. The third kappa shape index (κ3) is 6.69. The Balaban J connectivity index is 1.89. The van der Waals surface area contributed by atoms with Gasteiger partial charge in [0.2, 0.25) is 15.9 Å². The van der Waals surface area contributed by atoms with E-state index in [9.17, 15) is 13.2 Å². The average molecular weight is 533 g/mol. The third-order valence-corrected chi connectivity index (χ3v) is 7.31. The van der Waals surface area contributed by atoms with Crippen LogP contribution in [-0.2, 0) is 21.2 Å². The van der Waals surface area contributed by atoms with E-state index in [1.54, 1.807) is 25.1 Å². The van der Waals surface area contributed by atoms with Gasteiger partial charge in [-0.3, -0.25) is 4.79 Å². The Labute approximate surface area is 216 Å². The Morgan fingerprint density at radius 2 is 1.53 bits per heavy atom. The molecule has 0 unspecified atom stereocenters. The number of rotatable bonds is 11. The molecule has 0 aliphatic heterocycles. The largest absolute Gasteiger partial charge is 0.495 e. The second-order valence-corrected chi connectivity index (χ2v) is 10.1.